The van der Waals surface area contributed by atoms with Crippen molar-refractivity contribution in [3.05, 3.63) is 29.3 Å². The third kappa shape index (κ3) is 3.78. The van der Waals surface area contributed by atoms with Crippen LogP contribution in [0.2, 0.25) is 0 Å². The number of aromatic hydroxyl groups is 1. The molecule has 24 heavy (non-hydrogen) atoms. The van der Waals surface area contributed by atoms with Gasteiger partial charge in [-0.1, -0.05) is 38.3 Å². The molecule has 5 atom stereocenters. The topological polar surface area (TPSA) is 60.7 Å². The van der Waals surface area contributed by atoms with Crippen LogP contribution >= 0.6 is 0 Å². The summed E-state index contributed by atoms with van der Waals surface area (Å²) in [6, 6.07) is 5.81. The zero-order valence-electron chi connectivity index (χ0n) is 14.8. The number of aliphatic hydroxyl groups excluding tert-OH is 2. The van der Waals surface area contributed by atoms with Crippen LogP contribution in [0.25, 0.3) is 0 Å². The molecule has 0 saturated heterocycles. The Labute approximate surface area is 145 Å². The maximum Gasteiger partial charge on any atom is 0.119 e. The summed E-state index contributed by atoms with van der Waals surface area (Å²) in [6.07, 6.45) is 8.31. The Balaban J connectivity index is 1.59. The van der Waals surface area contributed by atoms with E-state index in [-0.39, 0.29) is 12.2 Å². The van der Waals surface area contributed by atoms with Gasteiger partial charge in [0.1, 0.15) is 5.75 Å². The Morgan fingerprint density at radius 3 is 2.79 bits per heavy atom. The highest BCUT2D eigenvalue weighted by atomic mass is 16.3. The fourth-order valence-electron chi connectivity index (χ4n) is 4.98. The van der Waals surface area contributed by atoms with E-state index in [1.165, 1.54) is 18.4 Å². The quantitative estimate of drug-likeness (QED) is 0.665. The summed E-state index contributed by atoms with van der Waals surface area (Å²) in [5.41, 5.74) is 2.34. The van der Waals surface area contributed by atoms with Gasteiger partial charge in [0.15, 0.2) is 0 Å². The molecule has 0 bridgehead atoms. The number of rotatable bonds is 7. The van der Waals surface area contributed by atoms with Crippen molar-refractivity contribution in [2.75, 3.05) is 0 Å². The minimum Gasteiger partial charge on any atom is -0.508 e. The maximum absolute atomic E-state index is 10.6. The van der Waals surface area contributed by atoms with Gasteiger partial charge < -0.3 is 15.3 Å². The summed E-state index contributed by atoms with van der Waals surface area (Å²) < 4.78 is 0. The van der Waals surface area contributed by atoms with Crippen LogP contribution in [0.3, 0.4) is 0 Å². The molecule has 134 valence electrons. The molecule has 0 aromatic heterocycles. The molecule has 0 radical (unpaired) electrons. The number of hydrogen-bond acceptors (Lipinski definition) is 3. The monoisotopic (exact) mass is 332 g/mol. The van der Waals surface area contributed by atoms with Crippen molar-refractivity contribution >= 4 is 0 Å². The van der Waals surface area contributed by atoms with Gasteiger partial charge in [0.2, 0.25) is 0 Å². The average Bonchev–Trinajstić information content (AvgIpc) is 2.86. The van der Waals surface area contributed by atoms with E-state index in [1.54, 1.807) is 6.07 Å². The van der Waals surface area contributed by atoms with Gasteiger partial charge in [-0.2, -0.15) is 0 Å². The van der Waals surface area contributed by atoms with Crippen LogP contribution in [0, 0.1) is 17.8 Å². The number of phenols is 1. The van der Waals surface area contributed by atoms with E-state index in [0.717, 1.165) is 50.5 Å². The van der Waals surface area contributed by atoms with E-state index in [9.17, 15) is 15.3 Å². The Kier molecular flexibility index (Phi) is 5.83. The Morgan fingerprint density at radius 1 is 1.17 bits per heavy atom. The van der Waals surface area contributed by atoms with Crippen LogP contribution in [0.5, 0.6) is 5.75 Å². The second-order valence-corrected chi connectivity index (χ2v) is 7.94. The van der Waals surface area contributed by atoms with E-state index in [4.69, 9.17) is 0 Å². The fraction of sp³-hybridized carbons (Fsp3) is 0.714. The Morgan fingerprint density at radius 2 is 2.00 bits per heavy atom. The van der Waals surface area contributed by atoms with Gasteiger partial charge >= 0.3 is 0 Å². The van der Waals surface area contributed by atoms with Crippen LogP contribution in [0.4, 0.5) is 0 Å². The molecule has 1 fully saturated rings. The predicted octanol–water partition coefficient (Wildman–Crippen LogP) is 3.83. The van der Waals surface area contributed by atoms with Gasteiger partial charge in [-0.15, -0.1) is 0 Å². The van der Waals surface area contributed by atoms with Gasteiger partial charge in [0, 0.05) is 0 Å². The third-order valence-corrected chi connectivity index (χ3v) is 6.34. The minimum atomic E-state index is -0.251. The SMILES string of the molecule is CCCCC[C@@H](O)CCC1C(O)CC2Cc3c(O)cccc3CC21. The second kappa shape index (κ2) is 7.88. The molecule has 2 aliphatic carbocycles. The molecule has 1 saturated carbocycles. The zero-order chi connectivity index (χ0) is 17.1. The van der Waals surface area contributed by atoms with Crippen LogP contribution in [-0.4, -0.2) is 27.5 Å². The van der Waals surface area contributed by atoms with E-state index in [0.29, 0.717) is 23.5 Å². The molecule has 4 unspecified atom stereocenters. The standard InChI is InChI=1S/C21H32O3/c1-2-3-4-7-16(22)9-10-17-18-11-14-6-5-8-20(23)19(14)12-15(18)13-21(17)24/h5-6,8,15-18,21-24H,2-4,7,9-13H2,1H3/t15?,16-,17?,18?,21?/m1/s1. The minimum absolute atomic E-state index is 0.220. The van der Waals surface area contributed by atoms with Gasteiger partial charge in [-0.05, 0) is 73.5 Å². The zero-order valence-corrected chi connectivity index (χ0v) is 14.8. The van der Waals surface area contributed by atoms with Gasteiger partial charge in [0.05, 0.1) is 12.2 Å². The molecule has 1 aromatic rings. The lowest BCUT2D eigenvalue weighted by Gasteiger charge is -2.32. The van der Waals surface area contributed by atoms with E-state index < -0.39 is 0 Å². The summed E-state index contributed by atoms with van der Waals surface area (Å²) >= 11 is 0. The van der Waals surface area contributed by atoms with Crippen molar-refractivity contribution in [1.29, 1.82) is 0 Å². The van der Waals surface area contributed by atoms with Crippen LogP contribution in [0.15, 0.2) is 18.2 Å². The highest BCUT2D eigenvalue weighted by Crippen LogP contribution is 2.48. The van der Waals surface area contributed by atoms with Gasteiger partial charge in [0.25, 0.3) is 0 Å². The summed E-state index contributed by atoms with van der Waals surface area (Å²) in [5.74, 6) is 1.68. The predicted molar refractivity (Wildman–Crippen MR) is 96.0 cm³/mol. The number of hydrogen-bond donors (Lipinski definition) is 3. The molecule has 2 aliphatic rings. The molecular formula is C21H32O3. The normalized spacial score (nSPS) is 30.0. The molecule has 0 aliphatic heterocycles. The van der Waals surface area contributed by atoms with E-state index in [1.807, 2.05) is 6.07 Å². The van der Waals surface area contributed by atoms with Crippen molar-refractivity contribution in [2.45, 2.75) is 76.9 Å². The molecule has 0 spiro atoms. The average molecular weight is 332 g/mol. The van der Waals surface area contributed by atoms with Crippen LogP contribution in [-0.2, 0) is 12.8 Å². The summed E-state index contributed by atoms with van der Waals surface area (Å²) in [6.45, 7) is 2.18. The number of benzene rings is 1. The molecule has 3 nitrogen and oxygen atoms in total. The van der Waals surface area contributed by atoms with E-state index >= 15 is 0 Å². The Hall–Kier alpha value is -1.06. The Bertz CT molecular complexity index is 542. The van der Waals surface area contributed by atoms with Crippen molar-refractivity contribution in [3.8, 4) is 5.75 Å². The first-order chi connectivity index (χ1) is 11.6. The maximum atomic E-state index is 10.6. The fourth-order valence-corrected chi connectivity index (χ4v) is 4.98. The van der Waals surface area contributed by atoms with Crippen LogP contribution < -0.4 is 0 Å². The van der Waals surface area contributed by atoms with Crippen molar-refractivity contribution < 1.29 is 15.3 Å². The highest BCUT2D eigenvalue weighted by molar-refractivity contribution is 5.42. The lowest BCUT2D eigenvalue weighted by atomic mass is 9.73. The molecule has 1 aromatic carbocycles. The summed E-state index contributed by atoms with van der Waals surface area (Å²) in [4.78, 5) is 0. The second-order valence-electron chi connectivity index (χ2n) is 7.94. The molecule has 3 rings (SSSR count). The first-order valence-electron chi connectivity index (χ1n) is 9.76. The van der Waals surface area contributed by atoms with Crippen molar-refractivity contribution in [1.82, 2.24) is 0 Å². The first-order valence-corrected chi connectivity index (χ1v) is 9.76. The lowest BCUT2D eigenvalue weighted by Crippen LogP contribution is -2.27. The van der Waals surface area contributed by atoms with Crippen molar-refractivity contribution in [3.63, 3.8) is 0 Å². The largest absolute Gasteiger partial charge is 0.508 e. The first kappa shape index (κ1) is 17.8. The van der Waals surface area contributed by atoms with Crippen LogP contribution in [0.1, 0.15) is 63.0 Å². The summed E-state index contributed by atoms with van der Waals surface area (Å²) in [7, 11) is 0. The number of unbranched alkanes of at least 4 members (excludes halogenated alkanes) is 2. The van der Waals surface area contributed by atoms with Gasteiger partial charge in [-0.25, -0.2) is 0 Å². The lowest BCUT2D eigenvalue weighted by molar-refractivity contribution is 0.0869. The molecule has 0 heterocycles. The molecule has 3 heteroatoms. The summed E-state index contributed by atoms with van der Waals surface area (Å²) in [5, 5.41) is 30.8. The number of phenolic OH excluding ortho intramolecular Hbond substituents is 1. The molecule has 3 N–H and O–H groups in total. The van der Waals surface area contributed by atoms with Gasteiger partial charge in [-0.3, -0.25) is 0 Å². The number of fused-ring (bicyclic) bond motifs is 2. The molecule has 0 amide bonds. The molecular weight excluding hydrogens is 300 g/mol. The number of aliphatic hydroxyl groups is 2. The smallest absolute Gasteiger partial charge is 0.119 e. The third-order valence-electron chi connectivity index (χ3n) is 6.34. The highest BCUT2D eigenvalue weighted by Gasteiger charge is 2.44. The van der Waals surface area contributed by atoms with E-state index in [2.05, 4.69) is 13.0 Å². The van der Waals surface area contributed by atoms with Crippen molar-refractivity contribution in [2.24, 2.45) is 17.8 Å².